The predicted octanol–water partition coefficient (Wildman–Crippen LogP) is 2.82. The average molecular weight is 318 g/mol. The lowest BCUT2D eigenvalue weighted by molar-refractivity contribution is 0.0574. The summed E-state index contributed by atoms with van der Waals surface area (Å²) >= 11 is 1.52. The second kappa shape index (κ2) is 6.36. The highest BCUT2D eigenvalue weighted by Gasteiger charge is 2.26. The number of piperazine rings is 1. The zero-order chi connectivity index (χ0) is 15.5. The van der Waals surface area contributed by atoms with Crippen LogP contribution in [0.2, 0.25) is 0 Å². The lowest BCUT2D eigenvalue weighted by Crippen LogP contribution is -2.50. The van der Waals surface area contributed by atoms with Crippen molar-refractivity contribution in [3.8, 4) is 0 Å². The summed E-state index contributed by atoms with van der Waals surface area (Å²) in [6.07, 6.45) is -0.295. The standard InChI is InChI=1S/C16H18N2O3S/c1-2-21-16(20)18-9-7-17(8-10-18)15(19)14-11-12-5-3-4-6-13(12)22-14/h3-6,11H,2,7-10H2,1H3. The van der Waals surface area contributed by atoms with Crippen LogP contribution in [0, 0.1) is 0 Å². The van der Waals surface area contributed by atoms with Gasteiger partial charge in [0.05, 0.1) is 11.5 Å². The molecule has 0 aliphatic carbocycles. The van der Waals surface area contributed by atoms with E-state index < -0.39 is 0 Å². The predicted molar refractivity (Wildman–Crippen MR) is 86.3 cm³/mol. The van der Waals surface area contributed by atoms with Gasteiger partial charge in [0.2, 0.25) is 0 Å². The van der Waals surface area contributed by atoms with E-state index in [2.05, 4.69) is 0 Å². The molecule has 2 heterocycles. The molecule has 116 valence electrons. The highest BCUT2D eigenvalue weighted by molar-refractivity contribution is 7.20. The summed E-state index contributed by atoms with van der Waals surface area (Å²) in [6, 6.07) is 9.93. The van der Waals surface area contributed by atoms with E-state index in [-0.39, 0.29) is 12.0 Å². The molecule has 0 spiro atoms. The molecule has 2 aromatic rings. The molecule has 0 radical (unpaired) electrons. The minimum atomic E-state index is -0.295. The maximum absolute atomic E-state index is 12.6. The lowest BCUT2D eigenvalue weighted by Gasteiger charge is -2.33. The van der Waals surface area contributed by atoms with Gasteiger partial charge < -0.3 is 14.5 Å². The van der Waals surface area contributed by atoms with Gasteiger partial charge in [0.25, 0.3) is 5.91 Å². The first-order valence-electron chi connectivity index (χ1n) is 7.38. The molecular formula is C16H18N2O3S. The Kier molecular flexibility index (Phi) is 4.29. The summed E-state index contributed by atoms with van der Waals surface area (Å²) in [7, 11) is 0. The first-order chi connectivity index (χ1) is 10.7. The summed E-state index contributed by atoms with van der Waals surface area (Å²) < 4.78 is 6.11. The van der Waals surface area contributed by atoms with Gasteiger partial charge in [-0.15, -0.1) is 11.3 Å². The Morgan fingerprint density at radius 3 is 2.50 bits per heavy atom. The fourth-order valence-electron chi connectivity index (χ4n) is 2.55. The Morgan fingerprint density at radius 2 is 1.82 bits per heavy atom. The Balaban J connectivity index is 1.65. The number of hydrogen-bond donors (Lipinski definition) is 0. The first-order valence-corrected chi connectivity index (χ1v) is 8.20. The van der Waals surface area contributed by atoms with Gasteiger partial charge in [0.1, 0.15) is 0 Å². The van der Waals surface area contributed by atoms with Gasteiger partial charge in [0.15, 0.2) is 0 Å². The summed E-state index contributed by atoms with van der Waals surface area (Å²) in [5.41, 5.74) is 0. The number of amides is 2. The second-order valence-electron chi connectivity index (χ2n) is 5.13. The van der Waals surface area contributed by atoms with Crippen LogP contribution in [0.15, 0.2) is 30.3 Å². The van der Waals surface area contributed by atoms with Crippen molar-refractivity contribution in [2.75, 3.05) is 32.8 Å². The Morgan fingerprint density at radius 1 is 1.14 bits per heavy atom. The molecule has 1 aliphatic rings. The molecule has 3 rings (SSSR count). The molecule has 1 saturated heterocycles. The van der Waals surface area contributed by atoms with Crippen LogP contribution < -0.4 is 0 Å². The molecule has 0 atom stereocenters. The van der Waals surface area contributed by atoms with E-state index in [9.17, 15) is 9.59 Å². The third kappa shape index (κ3) is 2.92. The number of rotatable bonds is 2. The Hall–Kier alpha value is -2.08. The van der Waals surface area contributed by atoms with Crippen molar-refractivity contribution in [2.24, 2.45) is 0 Å². The van der Waals surface area contributed by atoms with E-state index in [0.29, 0.717) is 32.8 Å². The smallest absolute Gasteiger partial charge is 0.409 e. The van der Waals surface area contributed by atoms with E-state index in [1.165, 1.54) is 11.3 Å². The van der Waals surface area contributed by atoms with Gasteiger partial charge in [0, 0.05) is 30.9 Å². The quantitative estimate of drug-likeness (QED) is 0.855. The normalized spacial score (nSPS) is 15.1. The molecule has 0 saturated carbocycles. The first kappa shape index (κ1) is 14.8. The number of thiophene rings is 1. The van der Waals surface area contributed by atoms with Crippen molar-refractivity contribution in [2.45, 2.75) is 6.92 Å². The van der Waals surface area contributed by atoms with E-state index in [0.717, 1.165) is 15.0 Å². The fraction of sp³-hybridized carbons (Fsp3) is 0.375. The number of benzene rings is 1. The summed E-state index contributed by atoms with van der Waals surface area (Å²) in [5, 5.41) is 1.10. The maximum atomic E-state index is 12.6. The van der Waals surface area contributed by atoms with Crippen LogP contribution in [0.3, 0.4) is 0 Å². The third-order valence-corrected chi connectivity index (χ3v) is 4.83. The van der Waals surface area contributed by atoms with Gasteiger partial charge in [-0.25, -0.2) is 4.79 Å². The zero-order valence-corrected chi connectivity index (χ0v) is 13.3. The van der Waals surface area contributed by atoms with Crippen molar-refractivity contribution in [3.63, 3.8) is 0 Å². The molecular weight excluding hydrogens is 300 g/mol. The summed E-state index contributed by atoms with van der Waals surface area (Å²) in [5.74, 6) is 0.0460. The number of carbonyl (C=O) groups is 2. The van der Waals surface area contributed by atoms with Crippen LogP contribution >= 0.6 is 11.3 Å². The molecule has 22 heavy (non-hydrogen) atoms. The van der Waals surface area contributed by atoms with Crippen LogP contribution in [-0.2, 0) is 4.74 Å². The van der Waals surface area contributed by atoms with Crippen molar-refractivity contribution < 1.29 is 14.3 Å². The van der Waals surface area contributed by atoms with Crippen LogP contribution in [0.1, 0.15) is 16.6 Å². The number of fused-ring (bicyclic) bond motifs is 1. The molecule has 1 aliphatic heterocycles. The van der Waals surface area contributed by atoms with Crippen LogP contribution in [0.25, 0.3) is 10.1 Å². The van der Waals surface area contributed by atoms with Crippen LogP contribution in [0.4, 0.5) is 4.79 Å². The van der Waals surface area contributed by atoms with Gasteiger partial charge in [-0.2, -0.15) is 0 Å². The third-order valence-electron chi connectivity index (χ3n) is 3.73. The molecule has 0 unspecified atom stereocenters. The lowest BCUT2D eigenvalue weighted by atomic mass is 10.2. The molecule has 1 aromatic carbocycles. The van der Waals surface area contributed by atoms with E-state index in [1.54, 1.807) is 16.7 Å². The van der Waals surface area contributed by atoms with Gasteiger partial charge in [-0.3, -0.25) is 4.79 Å². The van der Waals surface area contributed by atoms with E-state index >= 15 is 0 Å². The highest BCUT2D eigenvalue weighted by Crippen LogP contribution is 2.26. The van der Waals surface area contributed by atoms with Gasteiger partial charge in [-0.1, -0.05) is 18.2 Å². The van der Waals surface area contributed by atoms with Crippen molar-refractivity contribution in [1.29, 1.82) is 0 Å². The van der Waals surface area contributed by atoms with Crippen LogP contribution in [-0.4, -0.2) is 54.6 Å². The SMILES string of the molecule is CCOC(=O)N1CCN(C(=O)c2cc3ccccc3s2)CC1. The summed E-state index contributed by atoms with van der Waals surface area (Å²) in [4.78, 5) is 28.4. The summed E-state index contributed by atoms with van der Waals surface area (Å²) in [6.45, 7) is 4.31. The van der Waals surface area contributed by atoms with Crippen LogP contribution in [0.5, 0.6) is 0 Å². The zero-order valence-electron chi connectivity index (χ0n) is 12.4. The molecule has 6 heteroatoms. The maximum Gasteiger partial charge on any atom is 0.409 e. The van der Waals surface area contributed by atoms with Crippen molar-refractivity contribution in [1.82, 2.24) is 9.80 Å². The molecule has 1 fully saturated rings. The monoisotopic (exact) mass is 318 g/mol. The average Bonchev–Trinajstić information content (AvgIpc) is 2.98. The van der Waals surface area contributed by atoms with E-state index in [4.69, 9.17) is 4.74 Å². The van der Waals surface area contributed by atoms with Crippen molar-refractivity contribution >= 4 is 33.4 Å². The second-order valence-corrected chi connectivity index (χ2v) is 6.21. The number of hydrogen-bond acceptors (Lipinski definition) is 4. The largest absolute Gasteiger partial charge is 0.450 e. The topological polar surface area (TPSA) is 49.9 Å². The Labute approximate surface area is 133 Å². The molecule has 0 N–H and O–H groups in total. The number of ether oxygens (including phenoxy) is 1. The minimum absolute atomic E-state index is 0.0460. The van der Waals surface area contributed by atoms with Gasteiger partial charge in [-0.05, 0) is 24.4 Å². The molecule has 0 bridgehead atoms. The van der Waals surface area contributed by atoms with Crippen molar-refractivity contribution in [3.05, 3.63) is 35.2 Å². The number of nitrogens with zero attached hydrogens (tertiary/aromatic N) is 2. The minimum Gasteiger partial charge on any atom is -0.450 e. The van der Waals surface area contributed by atoms with E-state index in [1.807, 2.05) is 30.3 Å². The highest BCUT2D eigenvalue weighted by atomic mass is 32.1. The number of carbonyl (C=O) groups excluding carboxylic acids is 2. The molecule has 5 nitrogen and oxygen atoms in total. The Bertz CT molecular complexity index is 657. The fourth-order valence-corrected chi connectivity index (χ4v) is 3.58. The molecule has 2 amide bonds. The molecule has 1 aromatic heterocycles. The van der Waals surface area contributed by atoms with Gasteiger partial charge >= 0.3 is 6.09 Å².